The zero-order chi connectivity index (χ0) is 11.7. The predicted molar refractivity (Wildman–Crippen MR) is 56.2 cm³/mol. The fourth-order valence-corrected chi connectivity index (χ4v) is 2.12. The topological polar surface area (TPSA) is 94.0 Å². The number of nitrogens with zero attached hydrogens (tertiary/aromatic N) is 3. The summed E-state index contributed by atoms with van der Waals surface area (Å²) in [7, 11) is 0. The summed E-state index contributed by atoms with van der Waals surface area (Å²) >= 11 is 0. The van der Waals surface area contributed by atoms with Crippen LogP contribution in [0.3, 0.4) is 0 Å². The summed E-state index contributed by atoms with van der Waals surface area (Å²) in [6.07, 6.45) is 3.54. The Hall–Kier alpha value is -1.43. The van der Waals surface area contributed by atoms with Crippen LogP contribution in [0.2, 0.25) is 0 Å². The van der Waals surface area contributed by atoms with E-state index >= 15 is 0 Å². The van der Waals surface area contributed by atoms with Crippen LogP contribution in [-0.4, -0.2) is 26.0 Å². The van der Waals surface area contributed by atoms with E-state index in [1.165, 1.54) is 0 Å². The van der Waals surface area contributed by atoms with Crippen LogP contribution >= 0.6 is 0 Å². The summed E-state index contributed by atoms with van der Waals surface area (Å²) in [5, 5.41) is 17.2. The zero-order valence-corrected chi connectivity index (χ0v) is 9.21. The number of rotatable bonds is 3. The standard InChI is InChI=1S/C10H16N4O2/c1-6(15)9-5-14(13-12-9)8-3-2-7(4-8)10(11)16/h5-8,15H,2-4H2,1H3,(H2,11,16)/t6-,7+,8-/m0/s1. The normalized spacial score (nSPS) is 26.9. The molecule has 88 valence electrons. The summed E-state index contributed by atoms with van der Waals surface area (Å²) in [6.45, 7) is 1.65. The molecule has 0 spiro atoms. The van der Waals surface area contributed by atoms with Crippen LogP contribution in [0.1, 0.15) is 44.0 Å². The maximum absolute atomic E-state index is 11.0. The lowest BCUT2D eigenvalue weighted by Crippen LogP contribution is -2.21. The Morgan fingerprint density at radius 1 is 1.69 bits per heavy atom. The van der Waals surface area contributed by atoms with Gasteiger partial charge in [0.2, 0.25) is 5.91 Å². The van der Waals surface area contributed by atoms with E-state index in [0.29, 0.717) is 5.69 Å². The maximum Gasteiger partial charge on any atom is 0.220 e. The number of nitrogens with two attached hydrogens (primary N) is 1. The van der Waals surface area contributed by atoms with Gasteiger partial charge in [-0.05, 0) is 26.2 Å². The van der Waals surface area contributed by atoms with Crippen molar-refractivity contribution in [3.63, 3.8) is 0 Å². The minimum atomic E-state index is -0.609. The molecular weight excluding hydrogens is 208 g/mol. The second kappa shape index (κ2) is 4.21. The van der Waals surface area contributed by atoms with Gasteiger partial charge in [0.25, 0.3) is 0 Å². The van der Waals surface area contributed by atoms with E-state index in [0.717, 1.165) is 19.3 Å². The van der Waals surface area contributed by atoms with Gasteiger partial charge < -0.3 is 10.8 Å². The number of aromatic nitrogens is 3. The summed E-state index contributed by atoms with van der Waals surface area (Å²) in [5.41, 5.74) is 5.83. The third-order valence-corrected chi connectivity index (χ3v) is 3.14. The second-order valence-corrected chi connectivity index (χ2v) is 4.37. The molecule has 0 saturated heterocycles. The number of hydrogen-bond donors (Lipinski definition) is 2. The highest BCUT2D eigenvalue weighted by Gasteiger charge is 2.30. The fourth-order valence-electron chi connectivity index (χ4n) is 2.12. The molecular formula is C10H16N4O2. The molecule has 6 nitrogen and oxygen atoms in total. The van der Waals surface area contributed by atoms with Crippen molar-refractivity contribution in [1.82, 2.24) is 15.0 Å². The van der Waals surface area contributed by atoms with Gasteiger partial charge in [-0.3, -0.25) is 4.79 Å². The molecule has 1 aromatic heterocycles. The summed E-state index contributed by atoms with van der Waals surface area (Å²) in [5.74, 6) is -0.289. The minimum absolute atomic E-state index is 0.0517. The van der Waals surface area contributed by atoms with Crippen molar-refractivity contribution in [1.29, 1.82) is 0 Å². The van der Waals surface area contributed by atoms with Crippen LogP contribution in [0.5, 0.6) is 0 Å². The van der Waals surface area contributed by atoms with Crippen LogP contribution in [0, 0.1) is 5.92 Å². The molecule has 0 bridgehead atoms. The lowest BCUT2D eigenvalue weighted by molar-refractivity contribution is -0.121. The van der Waals surface area contributed by atoms with E-state index in [2.05, 4.69) is 10.3 Å². The molecule has 0 aromatic carbocycles. The number of aliphatic hydroxyl groups excluding tert-OH is 1. The lowest BCUT2D eigenvalue weighted by atomic mass is 10.1. The molecule has 1 fully saturated rings. The van der Waals surface area contributed by atoms with E-state index in [1.807, 2.05) is 0 Å². The van der Waals surface area contributed by atoms with Crippen molar-refractivity contribution in [2.45, 2.75) is 38.3 Å². The molecule has 1 heterocycles. The molecule has 1 aromatic rings. The van der Waals surface area contributed by atoms with Crippen molar-refractivity contribution in [3.05, 3.63) is 11.9 Å². The van der Waals surface area contributed by atoms with Crippen molar-refractivity contribution >= 4 is 5.91 Å². The van der Waals surface area contributed by atoms with Crippen LogP contribution in [0.4, 0.5) is 0 Å². The largest absolute Gasteiger partial charge is 0.387 e. The molecule has 2 rings (SSSR count). The first kappa shape index (κ1) is 11.1. The summed E-state index contributed by atoms with van der Waals surface area (Å²) in [4.78, 5) is 11.0. The Kier molecular flexibility index (Phi) is 2.91. The molecule has 1 amide bonds. The first-order valence-electron chi connectivity index (χ1n) is 5.47. The predicted octanol–water partition coefficient (Wildman–Crippen LogP) is 0.158. The van der Waals surface area contributed by atoms with Crippen molar-refractivity contribution in [2.24, 2.45) is 11.7 Å². The SMILES string of the molecule is C[C@H](O)c1cn([C@H]2CC[C@@H](C(N)=O)C2)nn1. The van der Waals surface area contributed by atoms with Gasteiger partial charge in [0.05, 0.1) is 18.3 Å². The maximum atomic E-state index is 11.0. The van der Waals surface area contributed by atoms with Gasteiger partial charge in [-0.1, -0.05) is 5.21 Å². The molecule has 3 atom stereocenters. The highest BCUT2D eigenvalue weighted by molar-refractivity contribution is 5.76. The molecule has 1 saturated carbocycles. The lowest BCUT2D eigenvalue weighted by Gasteiger charge is -2.08. The number of primary amides is 1. The van der Waals surface area contributed by atoms with Crippen LogP contribution in [0.15, 0.2) is 6.20 Å². The number of carbonyl (C=O) groups excluding carboxylic acids is 1. The highest BCUT2D eigenvalue weighted by Crippen LogP contribution is 2.33. The van der Waals surface area contributed by atoms with Gasteiger partial charge in [0.1, 0.15) is 5.69 Å². The Balaban J connectivity index is 2.06. The zero-order valence-electron chi connectivity index (χ0n) is 9.21. The van der Waals surface area contributed by atoms with Gasteiger partial charge >= 0.3 is 0 Å². The third-order valence-electron chi connectivity index (χ3n) is 3.14. The number of hydrogen-bond acceptors (Lipinski definition) is 4. The quantitative estimate of drug-likeness (QED) is 0.764. The molecule has 0 aliphatic heterocycles. The summed E-state index contributed by atoms with van der Waals surface area (Å²) in [6, 6.07) is 0.178. The van der Waals surface area contributed by atoms with Crippen LogP contribution in [0.25, 0.3) is 0 Å². The second-order valence-electron chi connectivity index (χ2n) is 4.37. The van der Waals surface area contributed by atoms with E-state index < -0.39 is 6.10 Å². The fraction of sp³-hybridized carbons (Fsp3) is 0.700. The van der Waals surface area contributed by atoms with Gasteiger partial charge in [-0.25, -0.2) is 4.68 Å². The van der Waals surface area contributed by atoms with Crippen LogP contribution < -0.4 is 5.73 Å². The monoisotopic (exact) mass is 224 g/mol. The van der Waals surface area contributed by atoms with Gasteiger partial charge in [0.15, 0.2) is 0 Å². The summed E-state index contributed by atoms with van der Waals surface area (Å²) < 4.78 is 1.73. The van der Waals surface area contributed by atoms with Gasteiger partial charge in [-0.2, -0.15) is 0 Å². The van der Waals surface area contributed by atoms with Crippen LogP contribution in [-0.2, 0) is 4.79 Å². The number of carbonyl (C=O) groups is 1. The molecule has 1 aliphatic rings. The minimum Gasteiger partial charge on any atom is -0.387 e. The third kappa shape index (κ3) is 2.06. The smallest absolute Gasteiger partial charge is 0.220 e. The van der Waals surface area contributed by atoms with Crippen molar-refractivity contribution < 1.29 is 9.90 Å². The molecule has 6 heteroatoms. The first-order chi connectivity index (χ1) is 7.58. The Bertz CT molecular complexity index is 388. The van der Waals surface area contributed by atoms with E-state index in [9.17, 15) is 9.90 Å². The van der Waals surface area contributed by atoms with E-state index in [4.69, 9.17) is 5.73 Å². The Morgan fingerprint density at radius 2 is 2.44 bits per heavy atom. The van der Waals surface area contributed by atoms with E-state index in [-0.39, 0.29) is 17.9 Å². The Labute approximate surface area is 93.4 Å². The number of aliphatic hydroxyl groups is 1. The molecule has 1 aliphatic carbocycles. The van der Waals surface area contributed by atoms with E-state index in [1.54, 1.807) is 17.8 Å². The molecule has 0 radical (unpaired) electrons. The number of amides is 1. The van der Waals surface area contributed by atoms with Gasteiger partial charge in [-0.15, -0.1) is 5.10 Å². The average molecular weight is 224 g/mol. The average Bonchev–Trinajstić information content (AvgIpc) is 2.86. The highest BCUT2D eigenvalue weighted by atomic mass is 16.3. The molecule has 3 N–H and O–H groups in total. The Morgan fingerprint density at radius 3 is 2.94 bits per heavy atom. The molecule has 16 heavy (non-hydrogen) atoms. The van der Waals surface area contributed by atoms with Gasteiger partial charge in [0, 0.05) is 5.92 Å². The first-order valence-corrected chi connectivity index (χ1v) is 5.47. The van der Waals surface area contributed by atoms with Crippen molar-refractivity contribution in [3.8, 4) is 0 Å². The molecule has 0 unspecified atom stereocenters. The van der Waals surface area contributed by atoms with Crippen molar-refractivity contribution in [2.75, 3.05) is 0 Å².